The Morgan fingerprint density at radius 1 is 0.404 bits per heavy atom. The maximum absolute atomic E-state index is 10.6. The summed E-state index contributed by atoms with van der Waals surface area (Å²) in [4.78, 5) is 9.17. The van der Waals surface area contributed by atoms with E-state index in [0.717, 1.165) is 55.9 Å². The van der Waals surface area contributed by atoms with Crippen LogP contribution in [0, 0.1) is 27.7 Å². The molecule has 0 bridgehead atoms. The number of para-hydroxylation sites is 4. The predicted octanol–water partition coefficient (Wildman–Crippen LogP) is 10.9. The number of phenolic OH excluding ortho intramolecular Hbond substituents is 2. The fourth-order valence-electron chi connectivity index (χ4n) is 5.32. The van der Waals surface area contributed by atoms with E-state index < -0.39 is 0 Å². The fraction of sp³-hybridized carbons (Fsp3) is 0.0952. The second kappa shape index (κ2) is 16.4. The summed E-state index contributed by atoms with van der Waals surface area (Å²) in [7, 11) is 0. The molecule has 6 rings (SSSR count). The zero-order valence-electron chi connectivity index (χ0n) is 27.0. The summed E-state index contributed by atoms with van der Waals surface area (Å²) in [5.74, 6) is 0.516. The van der Waals surface area contributed by atoms with Crippen molar-refractivity contribution in [2.24, 2.45) is 9.98 Å². The summed E-state index contributed by atoms with van der Waals surface area (Å²) in [6.45, 7) is 8.17. The van der Waals surface area contributed by atoms with Crippen molar-refractivity contribution in [2.75, 3.05) is 0 Å². The molecule has 0 aliphatic rings. The van der Waals surface area contributed by atoms with Gasteiger partial charge in [0.05, 0.1) is 11.4 Å². The van der Waals surface area contributed by atoms with Crippen LogP contribution in [0.5, 0.6) is 11.5 Å². The Morgan fingerprint density at radius 2 is 0.723 bits per heavy atom. The number of phenols is 2. The second-order valence-electron chi connectivity index (χ2n) is 11.2. The number of aliphatic imine (C=N–C) groups is 2. The van der Waals surface area contributed by atoms with Crippen molar-refractivity contribution in [1.29, 1.82) is 0 Å². The van der Waals surface area contributed by atoms with Gasteiger partial charge in [-0.15, -0.1) is 0 Å². The van der Waals surface area contributed by atoms with Crippen molar-refractivity contribution in [3.63, 3.8) is 0 Å². The SMILES string of the molecule is Cc1cccc(C)c1N=Cc1cccc(-c2ccccc2)c1O.Cc1cccc(C)c1N=Cc1cccc(-c2ccccc2)c1O.[Ni]. The zero-order chi connectivity index (χ0) is 32.5. The molecule has 238 valence electrons. The number of rotatable bonds is 6. The van der Waals surface area contributed by atoms with Gasteiger partial charge < -0.3 is 10.2 Å². The van der Waals surface area contributed by atoms with Gasteiger partial charge in [0.25, 0.3) is 0 Å². The van der Waals surface area contributed by atoms with Crippen LogP contribution in [0.25, 0.3) is 22.3 Å². The molecule has 0 spiro atoms. The maximum atomic E-state index is 10.6. The molecule has 6 aromatic rings. The molecular weight excluding hydrogens is 623 g/mol. The summed E-state index contributed by atoms with van der Waals surface area (Å²) in [6, 6.07) is 43.4. The molecule has 0 radical (unpaired) electrons. The van der Waals surface area contributed by atoms with Crippen LogP contribution in [-0.2, 0) is 16.5 Å². The van der Waals surface area contributed by atoms with Gasteiger partial charge >= 0.3 is 0 Å². The third-order valence-electron chi connectivity index (χ3n) is 7.85. The van der Waals surface area contributed by atoms with Crippen molar-refractivity contribution in [3.05, 3.63) is 167 Å². The average molecular weight is 661 g/mol. The first kappa shape index (κ1) is 34.6. The Hall–Kier alpha value is -5.25. The van der Waals surface area contributed by atoms with Crippen LogP contribution in [0.15, 0.2) is 143 Å². The average Bonchev–Trinajstić information content (AvgIpc) is 3.07. The minimum Gasteiger partial charge on any atom is -0.507 e. The molecule has 0 atom stereocenters. The van der Waals surface area contributed by atoms with Crippen LogP contribution in [0.2, 0.25) is 0 Å². The van der Waals surface area contributed by atoms with Crippen molar-refractivity contribution in [1.82, 2.24) is 0 Å². The molecule has 0 amide bonds. The van der Waals surface area contributed by atoms with E-state index >= 15 is 0 Å². The molecule has 5 heteroatoms. The zero-order valence-corrected chi connectivity index (χ0v) is 27.9. The first-order chi connectivity index (χ1) is 22.3. The monoisotopic (exact) mass is 660 g/mol. The van der Waals surface area contributed by atoms with E-state index in [9.17, 15) is 10.2 Å². The van der Waals surface area contributed by atoms with E-state index in [-0.39, 0.29) is 28.0 Å². The Kier molecular flexibility index (Phi) is 12.0. The third kappa shape index (κ3) is 8.52. The van der Waals surface area contributed by atoms with Crippen LogP contribution >= 0.6 is 0 Å². The molecule has 0 unspecified atom stereocenters. The van der Waals surface area contributed by atoms with Gasteiger partial charge in [0, 0.05) is 51.2 Å². The van der Waals surface area contributed by atoms with Crippen LogP contribution < -0.4 is 0 Å². The molecule has 0 fully saturated rings. The molecule has 4 nitrogen and oxygen atoms in total. The van der Waals surface area contributed by atoms with Gasteiger partial charge in [-0.2, -0.15) is 0 Å². The number of hydrogen-bond donors (Lipinski definition) is 2. The smallest absolute Gasteiger partial charge is 0.132 e. The first-order valence-corrected chi connectivity index (χ1v) is 15.3. The fourth-order valence-corrected chi connectivity index (χ4v) is 5.32. The van der Waals surface area contributed by atoms with Crippen molar-refractivity contribution in [3.8, 4) is 33.8 Å². The third-order valence-corrected chi connectivity index (χ3v) is 7.85. The van der Waals surface area contributed by atoms with Gasteiger partial charge in [0.2, 0.25) is 0 Å². The summed E-state index contributed by atoms with van der Waals surface area (Å²) in [5, 5.41) is 21.1. The van der Waals surface area contributed by atoms with E-state index in [2.05, 4.69) is 9.98 Å². The van der Waals surface area contributed by atoms with E-state index in [1.165, 1.54) is 0 Å². The van der Waals surface area contributed by atoms with Crippen molar-refractivity contribution >= 4 is 23.8 Å². The first-order valence-electron chi connectivity index (χ1n) is 15.3. The van der Waals surface area contributed by atoms with Gasteiger partial charge in [-0.25, -0.2) is 0 Å². The van der Waals surface area contributed by atoms with Gasteiger partial charge in [-0.05, 0) is 73.2 Å². The Morgan fingerprint density at radius 3 is 1.06 bits per heavy atom. The molecule has 0 aliphatic carbocycles. The quantitative estimate of drug-likeness (QED) is 0.138. The van der Waals surface area contributed by atoms with Gasteiger partial charge in [0.1, 0.15) is 11.5 Å². The van der Waals surface area contributed by atoms with Crippen molar-refractivity contribution < 1.29 is 26.7 Å². The summed E-state index contributed by atoms with van der Waals surface area (Å²) in [5.41, 5.74) is 11.5. The number of nitrogens with zero attached hydrogens (tertiary/aromatic N) is 2. The largest absolute Gasteiger partial charge is 0.507 e. The Labute approximate surface area is 287 Å². The number of benzene rings is 6. The van der Waals surface area contributed by atoms with Crippen LogP contribution in [0.1, 0.15) is 33.4 Å². The number of aromatic hydroxyl groups is 2. The summed E-state index contributed by atoms with van der Waals surface area (Å²) in [6.07, 6.45) is 3.47. The van der Waals surface area contributed by atoms with E-state index in [4.69, 9.17) is 0 Å². The molecule has 0 saturated carbocycles. The number of aryl methyl sites for hydroxylation is 4. The Balaban J connectivity index is 0.000000208. The van der Waals surface area contributed by atoms with Crippen molar-refractivity contribution in [2.45, 2.75) is 27.7 Å². The Bertz CT molecular complexity index is 1810. The minimum atomic E-state index is 0. The molecular formula is C42H38N2NiO2. The number of hydrogen-bond acceptors (Lipinski definition) is 4. The van der Waals surface area contributed by atoms with E-state index in [1.807, 2.05) is 161 Å². The molecule has 0 aromatic heterocycles. The molecule has 2 N–H and O–H groups in total. The van der Waals surface area contributed by atoms with E-state index in [0.29, 0.717) is 11.1 Å². The molecule has 0 heterocycles. The molecule has 6 aromatic carbocycles. The predicted molar refractivity (Wildman–Crippen MR) is 193 cm³/mol. The van der Waals surface area contributed by atoms with Gasteiger partial charge in [0.15, 0.2) is 0 Å². The van der Waals surface area contributed by atoms with Crippen LogP contribution in [-0.4, -0.2) is 22.6 Å². The normalized spacial score (nSPS) is 10.8. The molecule has 47 heavy (non-hydrogen) atoms. The topological polar surface area (TPSA) is 65.2 Å². The summed E-state index contributed by atoms with van der Waals surface area (Å²) < 4.78 is 0. The maximum Gasteiger partial charge on any atom is 0.132 e. The standard InChI is InChI=1S/2C21H19NO.Ni/c2*1-15-8-6-9-16(2)20(15)22-14-18-12-7-13-19(21(18)23)17-10-4-3-5-11-17;/h2*3-14,23H,1-2H3;. The molecule has 0 aliphatic heterocycles. The van der Waals surface area contributed by atoms with Gasteiger partial charge in [-0.3, -0.25) is 9.98 Å². The molecule has 0 saturated heterocycles. The second-order valence-corrected chi connectivity index (χ2v) is 11.2. The van der Waals surface area contributed by atoms with Crippen LogP contribution in [0.4, 0.5) is 11.4 Å². The van der Waals surface area contributed by atoms with Crippen LogP contribution in [0.3, 0.4) is 0 Å². The van der Waals surface area contributed by atoms with Gasteiger partial charge in [-0.1, -0.05) is 121 Å². The minimum absolute atomic E-state index is 0. The van der Waals surface area contributed by atoms with E-state index in [1.54, 1.807) is 12.4 Å². The summed E-state index contributed by atoms with van der Waals surface area (Å²) >= 11 is 0.